The molecule has 1 unspecified atom stereocenters. The lowest BCUT2D eigenvalue weighted by molar-refractivity contribution is -0.137. The van der Waals surface area contributed by atoms with Crippen LogP contribution in [0.3, 0.4) is 0 Å². The molecule has 2 aromatic heterocycles. The van der Waals surface area contributed by atoms with Crippen LogP contribution < -0.4 is 0 Å². The topological polar surface area (TPSA) is 63.6 Å². The molecule has 0 amide bonds. The van der Waals surface area contributed by atoms with Gasteiger partial charge in [0.05, 0.1) is 23.4 Å². The van der Waals surface area contributed by atoms with E-state index >= 15 is 0 Å². The van der Waals surface area contributed by atoms with Crippen LogP contribution >= 0.6 is 15.9 Å². The molecule has 1 fully saturated rings. The van der Waals surface area contributed by atoms with Crippen molar-refractivity contribution < 1.29 is 18.7 Å². The van der Waals surface area contributed by atoms with Crippen molar-refractivity contribution in [2.45, 2.75) is 25.2 Å². The molecule has 0 spiro atoms. The molecule has 2 heterocycles. The largest absolute Gasteiger partial charge is 0.481 e. The SMILES string of the molecule is O=C(O)CC(c1c2ccoc2c(Br)c2ccoc12)C1CC1. The summed E-state index contributed by atoms with van der Waals surface area (Å²) in [5.41, 5.74) is 2.51. The standard InChI is InChI=1S/C16H13BrO4/c17-14-10-4-6-20-15(10)13(9-3-5-21-16(9)14)11(7-12(18)19)8-1-2-8/h3-6,8,11H,1-2,7H2,(H,18,19). The van der Waals surface area contributed by atoms with Crippen molar-refractivity contribution in [1.29, 1.82) is 0 Å². The number of carbonyl (C=O) groups is 1. The highest BCUT2D eigenvalue weighted by atomic mass is 79.9. The first-order valence-electron chi connectivity index (χ1n) is 6.94. The van der Waals surface area contributed by atoms with Crippen molar-refractivity contribution in [3.8, 4) is 0 Å². The fourth-order valence-electron chi connectivity index (χ4n) is 3.19. The monoisotopic (exact) mass is 348 g/mol. The Balaban J connectivity index is 2.03. The smallest absolute Gasteiger partial charge is 0.303 e. The fraction of sp³-hybridized carbons (Fsp3) is 0.312. The third-order valence-electron chi connectivity index (χ3n) is 4.26. The maximum atomic E-state index is 11.3. The normalized spacial score (nSPS) is 16.6. The van der Waals surface area contributed by atoms with E-state index in [1.165, 1.54) is 0 Å². The van der Waals surface area contributed by atoms with Crippen LogP contribution in [0.15, 0.2) is 38.0 Å². The number of carboxylic acid groups (broad SMARTS) is 1. The van der Waals surface area contributed by atoms with Crippen LogP contribution in [0.1, 0.15) is 30.7 Å². The minimum atomic E-state index is -0.772. The summed E-state index contributed by atoms with van der Waals surface area (Å²) in [6.07, 6.45) is 5.57. The van der Waals surface area contributed by atoms with Gasteiger partial charge in [-0.25, -0.2) is 0 Å². The Morgan fingerprint density at radius 1 is 1.24 bits per heavy atom. The van der Waals surface area contributed by atoms with Crippen molar-refractivity contribution >= 4 is 43.8 Å². The van der Waals surface area contributed by atoms with Gasteiger partial charge in [0.15, 0.2) is 0 Å². The van der Waals surface area contributed by atoms with Gasteiger partial charge in [0.2, 0.25) is 0 Å². The number of rotatable bonds is 4. The minimum Gasteiger partial charge on any atom is -0.481 e. The summed E-state index contributed by atoms with van der Waals surface area (Å²) >= 11 is 3.56. The molecule has 0 aliphatic heterocycles. The average Bonchev–Trinajstić information content (AvgIpc) is 2.98. The summed E-state index contributed by atoms with van der Waals surface area (Å²) in [4.78, 5) is 11.3. The second-order valence-corrected chi connectivity index (χ2v) is 6.39. The van der Waals surface area contributed by atoms with E-state index in [1.54, 1.807) is 12.5 Å². The predicted octanol–water partition coefficient (Wildman–Crippen LogP) is 4.91. The number of furan rings is 2. The summed E-state index contributed by atoms with van der Waals surface area (Å²) in [5, 5.41) is 11.1. The first-order valence-corrected chi connectivity index (χ1v) is 7.73. The van der Waals surface area contributed by atoms with Gasteiger partial charge in [-0.2, -0.15) is 0 Å². The minimum absolute atomic E-state index is 0.0238. The number of fused-ring (bicyclic) bond motifs is 2. The Morgan fingerprint density at radius 2 is 1.90 bits per heavy atom. The van der Waals surface area contributed by atoms with Crippen molar-refractivity contribution in [3.05, 3.63) is 34.7 Å². The highest BCUT2D eigenvalue weighted by molar-refractivity contribution is 9.10. The molecule has 108 valence electrons. The van der Waals surface area contributed by atoms with Crippen LogP contribution in [0.2, 0.25) is 0 Å². The molecule has 0 radical (unpaired) electrons. The Bertz CT molecular complexity index is 789. The van der Waals surface area contributed by atoms with Crippen LogP contribution in [0, 0.1) is 5.92 Å². The van der Waals surface area contributed by atoms with Crippen molar-refractivity contribution in [2.24, 2.45) is 5.92 Å². The Hall–Kier alpha value is -1.75. The summed E-state index contributed by atoms with van der Waals surface area (Å²) in [7, 11) is 0. The molecule has 1 aliphatic rings. The number of benzene rings is 1. The highest BCUT2D eigenvalue weighted by Crippen LogP contribution is 2.50. The van der Waals surface area contributed by atoms with Crippen molar-refractivity contribution in [2.75, 3.05) is 0 Å². The highest BCUT2D eigenvalue weighted by Gasteiger charge is 2.37. The van der Waals surface area contributed by atoms with Gasteiger partial charge in [-0.05, 0) is 46.8 Å². The second-order valence-electron chi connectivity index (χ2n) is 5.60. The van der Waals surface area contributed by atoms with Crippen LogP contribution in [-0.2, 0) is 4.79 Å². The van der Waals surface area contributed by atoms with Crippen molar-refractivity contribution in [1.82, 2.24) is 0 Å². The molecule has 5 heteroatoms. The predicted molar refractivity (Wildman–Crippen MR) is 81.4 cm³/mol. The molecule has 21 heavy (non-hydrogen) atoms. The number of halogens is 1. The number of hydrogen-bond donors (Lipinski definition) is 1. The van der Waals surface area contributed by atoms with Gasteiger partial charge in [-0.3, -0.25) is 4.79 Å². The third kappa shape index (κ3) is 1.99. The van der Waals surface area contributed by atoms with E-state index in [1.807, 2.05) is 12.1 Å². The molecule has 0 saturated heterocycles. The Kier molecular flexibility index (Phi) is 2.85. The maximum absolute atomic E-state index is 11.3. The van der Waals surface area contributed by atoms with Crippen LogP contribution in [-0.4, -0.2) is 11.1 Å². The first-order chi connectivity index (χ1) is 10.2. The molecule has 1 aromatic carbocycles. The summed E-state index contributed by atoms with van der Waals surface area (Å²) in [5.74, 6) is -0.371. The third-order valence-corrected chi connectivity index (χ3v) is 5.04. The molecule has 3 aromatic rings. The summed E-state index contributed by atoms with van der Waals surface area (Å²) in [6, 6.07) is 3.78. The zero-order valence-electron chi connectivity index (χ0n) is 11.1. The van der Waals surface area contributed by atoms with E-state index in [4.69, 9.17) is 8.83 Å². The zero-order chi connectivity index (χ0) is 14.6. The first kappa shape index (κ1) is 13.0. The molecule has 4 rings (SSSR count). The molecule has 1 atom stereocenters. The van der Waals surface area contributed by atoms with E-state index in [2.05, 4.69) is 15.9 Å². The Morgan fingerprint density at radius 3 is 2.57 bits per heavy atom. The van der Waals surface area contributed by atoms with Gasteiger partial charge in [-0.15, -0.1) is 0 Å². The Labute approximate surface area is 128 Å². The second kappa shape index (κ2) is 4.63. The van der Waals surface area contributed by atoms with Gasteiger partial charge >= 0.3 is 5.97 Å². The quantitative estimate of drug-likeness (QED) is 0.727. The lowest BCUT2D eigenvalue weighted by Crippen LogP contribution is -2.09. The maximum Gasteiger partial charge on any atom is 0.303 e. The van der Waals surface area contributed by atoms with Gasteiger partial charge in [0.25, 0.3) is 0 Å². The lowest BCUT2D eigenvalue weighted by atomic mass is 9.87. The van der Waals surface area contributed by atoms with E-state index in [9.17, 15) is 9.90 Å². The van der Waals surface area contributed by atoms with E-state index in [-0.39, 0.29) is 12.3 Å². The van der Waals surface area contributed by atoms with Crippen LogP contribution in [0.5, 0.6) is 0 Å². The molecule has 1 saturated carbocycles. The fourth-order valence-corrected chi connectivity index (χ4v) is 3.81. The van der Waals surface area contributed by atoms with Crippen LogP contribution in [0.25, 0.3) is 21.9 Å². The van der Waals surface area contributed by atoms with Gasteiger partial charge in [0.1, 0.15) is 11.2 Å². The molecular weight excluding hydrogens is 336 g/mol. The van der Waals surface area contributed by atoms with E-state index in [0.29, 0.717) is 5.92 Å². The number of carboxylic acids is 1. The van der Waals surface area contributed by atoms with E-state index in [0.717, 1.165) is 44.8 Å². The van der Waals surface area contributed by atoms with Crippen molar-refractivity contribution in [3.63, 3.8) is 0 Å². The molecule has 4 nitrogen and oxygen atoms in total. The lowest BCUT2D eigenvalue weighted by Gasteiger charge is -2.16. The van der Waals surface area contributed by atoms with E-state index < -0.39 is 5.97 Å². The van der Waals surface area contributed by atoms with Gasteiger partial charge in [-0.1, -0.05) is 0 Å². The molecule has 0 bridgehead atoms. The summed E-state index contributed by atoms with van der Waals surface area (Å²) in [6.45, 7) is 0. The number of aliphatic carboxylic acids is 1. The molecule has 1 N–H and O–H groups in total. The average molecular weight is 349 g/mol. The van der Waals surface area contributed by atoms with Gasteiger partial charge in [0, 0.05) is 22.3 Å². The summed E-state index contributed by atoms with van der Waals surface area (Å²) < 4.78 is 12.1. The molecular formula is C16H13BrO4. The van der Waals surface area contributed by atoms with Crippen LogP contribution in [0.4, 0.5) is 0 Å². The zero-order valence-corrected chi connectivity index (χ0v) is 12.7. The van der Waals surface area contributed by atoms with Gasteiger partial charge < -0.3 is 13.9 Å². The number of hydrogen-bond acceptors (Lipinski definition) is 3. The molecule has 1 aliphatic carbocycles.